The number of hydrogen-bond acceptors (Lipinski definition) is 5. The van der Waals surface area contributed by atoms with Gasteiger partial charge in [0.05, 0.1) is 27.6 Å². The van der Waals surface area contributed by atoms with Crippen molar-refractivity contribution in [2.45, 2.75) is 19.8 Å². The number of aryl methyl sites for hydroxylation is 1. The van der Waals surface area contributed by atoms with Gasteiger partial charge in [0.2, 0.25) is 5.91 Å². The molecular formula is C25H27FN6O2. The van der Waals surface area contributed by atoms with Gasteiger partial charge in [0.1, 0.15) is 17.2 Å². The minimum absolute atomic E-state index is 0.0462. The Balaban J connectivity index is 1.37. The van der Waals surface area contributed by atoms with Gasteiger partial charge in [-0.2, -0.15) is 0 Å². The number of H-pyrrole nitrogens is 2. The number of nitrogen functional groups attached to an aromatic ring is 1. The second-order valence-electron chi connectivity index (χ2n) is 8.66. The number of aromatic nitrogens is 3. The van der Waals surface area contributed by atoms with E-state index >= 15 is 0 Å². The molecule has 1 aliphatic heterocycles. The van der Waals surface area contributed by atoms with Crippen molar-refractivity contribution in [3.63, 3.8) is 0 Å². The summed E-state index contributed by atoms with van der Waals surface area (Å²) in [5.41, 5.74) is 8.64. The third kappa shape index (κ3) is 4.03. The third-order valence-corrected chi connectivity index (χ3v) is 6.61. The maximum absolute atomic E-state index is 14.4. The van der Waals surface area contributed by atoms with Crippen LogP contribution in [0.5, 0.6) is 0 Å². The first-order chi connectivity index (χ1) is 16.4. The Morgan fingerprint density at radius 2 is 1.91 bits per heavy atom. The molecule has 1 aliphatic rings. The Morgan fingerprint density at radius 3 is 2.68 bits per heavy atom. The fraction of sp³-hybridized carbons (Fsp3) is 0.320. The molecule has 3 heterocycles. The number of imidazole rings is 1. The molecule has 1 amide bonds. The summed E-state index contributed by atoms with van der Waals surface area (Å²) < 4.78 is 14.4. The topological polar surface area (TPSA) is 111 Å². The van der Waals surface area contributed by atoms with Crippen LogP contribution in [0.15, 0.2) is 41.2 Å². The van der Waals surface area contributed by atoms with E-state index < -0.39 is 11.4 Å². The van der Waals surface area contributed by atoms with Crippen LogP contribution in [0, 0.1) is 5.82 Å². The maximum atomic E-state index is 14.4. The third-order valence-electron chi connectivity index (χ3n) is 6.61. The highest BCUT2D eigenvalue weighted by molar-refractivity contribution is 5.98. The highest BCUT2D eigenvalue weighted by atomic mass is 19.1. The van der Waals surface area contributed by atoms with Gasteiger partial charge in [0.15, 0.2) is 0 Å². The van der Waals surface area contributed by atoms with Crippen LogP contribution in [-0.4, -0.2) is 63.4 Å². The Morgan fingerprint density at radius 1 is 1.12 bits per heavy atom. The molecular weight excluding hydrogens is 435 g/mol. The van der Waals surface area contributed by atoms with Gasteiger partial charge in [-0.3, -0.25) is 9.59 Å². The van der Waals surface area contributed by atoms with Crippen LogP contribution in [0.2, 0.25) is 0 Å². The lowest BCUT2D eigenvalue weighted by atomic mass is 10.1. The van der Waals surface area contributed by atoms with Crippen molar-refractivity contribution in [2.24, 2.45) is 0 Å². The molecule has 0 saturated carbocycles. The molecule has 0 atom stereocenters. The Labute approximate surface area is 195 Å². The summed E-state index contributed by atoms with van der Waals surface area (Å²) >= 11 is 0. The van der Waals surface area contributed by atoms with Gasteiger partial charge < -0.3 is 25.5 Å². The predicted octanol–water partition coefficient (Wildman–Crippen LogP) is 2.89. The maximum Gasteiger partial charge on any atom is 0.261 e. The number of likely N-dealkylation sites (N-methyl/N-ethyl adjacent to an activating group) is 1. The van der Waals surface area contributed by atoms with Crippen molar-refractivity contribution in [3.8, 4) is 11.4 Å². The number of amides is 1. The van der Waals surface area contributed by atoms with Crippen LogP contribution in [0.25, 0.3) is 33.3 Å². The van der Waals surface area contributed by atoms with Gasteiger partial charge in [-0.15, -0.1) is 0 Å². The number of fused-ring (bicyclic) bond motifs is 2. The molecule has 5 rings (SSSR count). The lowest BCUT2D eigenvalue weighted by Crippen LogP contribution is -2.48. The summed E-state index contributed by atoms with van der Waals surface area (Å²) in [4.78, 5) is 40.0. The molecule has 0 aliphatic carbocycles. The zero-order chi connectivity index (χ0) is 23.8. The molecule has 0 radical (unpaired) electrons. The molecule has 8 nitrogen and oxygen atoms in total. The minimum atomic E-state index is -0.508. The van der Waals surface area contributed by atoms with Crippen LogP contribution < -0.4 is 11.3 Å². The van der Waals surface area contributed by atoms with Crippen LogP contribution in [0.4, 0.5) is 10.1 Å². The number of nitrogens with one attached hydrogen (secondary N) is 2. The van der Waals surface area contributed by atoms with Gasteiger partial charge in [-0.1, -0.05) is 19.1 Å². The van der Waals surface area contributed by atoms with Crippen LogP contribution in [-0.2, 0) is 11.2 Å². The van der Waals surface area contributed by atoms with Crippen molar-refractivity contribution in [1.82, 2.24) is 24.8 Å². The lowest BCUT2D eigenvalue weighted by molar-refractivity contribution is -0.132. The fourth-order valence-electron chi connectivity index (χ4n) is 4.62. The number of anilines is 1. The second kappa shape index (κ2) is 8.90. The largest absolute Gasteiger partial charge is 0.397 e. The SMILES string of the molecule is CCN1CCN(C(=O)CCc2ccc3nc(-c4c(N)c5c(F)cccc5[nH]c4=O)[nH]c3c2)CC1. The smallest absolute Gasteiger partial charge is 0.261 e. The van der Waals surface area contributed by atoms with E-state index in [1.165, 1.54) is 12.1 Å². The highest BCUT2D eigenvalue weighted by Crippen LogP contribution is 2.30. The van der Waals surface area contributed by atoms with Gasteiger partial charge in [0, 0.05) is 32.6 Å². The average molecular weight is 463 g/mol. The normalized spacial score (nSPS) is 14.8. The molecule has 1 saturated heterocycles. The number of nitrogens with zero attached hydrogens (tertiary/aromatic N) is 3. The number of halogens is 1. The molecule has 34 heavy (non-hydrogen) atoms. The number of rotatable bonds is 5. The predicted molar refractivity (Wildman–Crippen MR) is 131 cm³/mol. The number of carbonyl (C=O) groups is 1. The van der Waals surface area contributed by atoms with E-state index in [0.29, 0.717) is 23.9 Å². The first-order valence-corrected chi connectivity index (χ1v) is 11.5. The molecule has 0 unspecified atom stereocenters. The van der Waals surface area contributed by atoms with Gasteiger partial charge >= 0.3 is 0 Å². The van der Waals surface area contributed by atoms with Gasteiger partial charge in [0.25, 0.3) is 5.56 Å². The van der Waals surface area contributed by atoms with Crippen LogP contribution >= 0.6 is 0 Å². The number of pyridine rings is 1. The van der Waals surface area contributed by atoms with Crippen molar-refractivity contribution >= 4 is 33.5 Å². The molecule has 9 heteroatoms. The Hall–Kier alpha value is -3.72. The van der Waals surface area contributed by atoms with E-state index in [4.69, 9.17) is 5.73 Å². The van der Waals surface area contributed by atoms with Crippen molar-refractivity contribution in [3.05, 3.63) is 58.1 Å². The molecule has 4 aromatic rings. The van der Waals surface area contributed by atoms with Crippen LogP contribution in [0.1, 0.15) is 18.9 Å². The average Bonchev–Trinajstić information content (AvgIpc) is 3.25. The molecule has 1 fully saturated rings. The molecule has 0 bridgehead atoms. The summed E-state index contributed by atoms with van der Waals surface area (Å²) in [6.07, 6.45) is 1.05. The van der Waals surface area contributed by atoms with E-state index in [9.17, 15) is 14.0 Å². The van der Waals surface area contributed by atoms with E-state index in [0.717, 1.165) is 43.8 Å². The summed E-state index contributed by atoms with van der Waals surface area (Å²) in [5.74, 6) is -0.0637. The van der Waals surface area contributed by atoms with E-state index in [1.54, 1.807) is 6.07 Å². The molecule has 2 aromatic heterocycles. The van der Waals surface area contributed by atoms with Gasteiger partial charge in [-0.05, 0) is 42.8 Å². The van der Waals surface area contributed by atoms with E-state index in [1.807, 2.05) is 23.1 Å². The minimum Gasteiger partial charge on any atom is -0.397 e. The first kappa shape index (κ1) is 22.1. The zero-order valence-corrected chi connectivity index (χ0v) is 19.0. The molecule has 0 spiro atoms. The summed E-state index contributed by atoms with van der Waals surface area (Å²) in [5, 5.41) is 0.163. The summed E-state index contributed by atoms with van der Waals surface area (Å²) in [6, 6.07) is 10.1. The highest BCUT2D eigenvalue weighted by Gasteiger charge is 2.20. The molecule has 2 aromatic carbocycles. The number of piperazine rings is 1. The van der Waals surface area contributed by atoms with Crippen molar-refractivity contribution < 1.29 is 9.18 Å². The van der Waals surface area contributed by atoms with E-state index in [-0.39, 0.29) is 28.4 Å². The monoisotopic (exact) mass is 462 g/mol. The van der Waals surface area contributed by atoms with E-state index in [2.05, 4.69) is 26.8 Å². The molecule has 4 N–H and O–H groups in total. The fourth-order valence-corrected chi connectivity index (χ4v) is 4.62. The quantitative estimate of drug-likeness (QED) is 0.422. The number of benzene rings is 2. The molecule has 176 valence electrons. The summed E-state index contributed by atoms with van der Waals surface area (Å²) in [7, 11) is 0. The summed E-state index contributed by atoms with van der Waals surface area (Å²) in [6.45, 7) is 6.55. The van der Waals surface area contributed by atoms with Crippen molar-refractivity contribution in [2.75, 3.05) is 38.5 Å². The Bertz CT molecular complexity index is 1430. The van der Waals surface area contributed by atoms with Gasteiger partial charge in [-0.25, -0.2) is 9.37 Å². The number of carbonyl (C=O) groups excluding carboxylic acids is 1. The zero-order valence-electron chi connectivity index (χ0n) is 19.0. The Kier molecular flexibility index (Phi) is 5.79. The van der Waals surface area contributed by atoms with Crippen LogP contribution in [0.3, 0.4) is 0 Å². The van der Waals surface area contributed by atoms with Crippen molar-refractivity contribution in [1.29, 1.82) is 0 Å². The number of aromatic amines is 2. The lowest BCUT2D eigenvalue weighted by Gasteiger charge is -2.34. The number of hydrogen-bond donors (Lipinski definition) is 3. The second-order valence-corrected chi connectivity index (χ2v) is 8.66. The first-order valence-electron chi connectivity index (χ1n) is 11.5. The standard InChI is InChI=1S/C25H27FN6O2/c1-2-31-10-12-32(13-11-31)20(33)9-7-15-6-8-17-19(14-15)29-24(28-17)22-23(27)21-16(26)4-3-5-18(21)30-25(22)34/h3-6,8,14H,2,7,9-13H2,1H3,(H,28,29)(H3,27,30,34). The number of nitrogens with two attached hydrogens (primary N) is 1.